The summed E-state index contributed by atoms with van der Waals surface area (Å²) in [7, 11) is 1.75. The molecule has 1 aliphatic heterocycles. The molecule has 2 N–H and O–H groups in total. The van der Waals surface area contributed by atoms with Gasteiger partial charge in [-0.1, -0.05) is 0 Å². The molecule has 0 aliphatic carbocycles. The summed E-state index contributed by atoms with van der Waals surface area (Å²) in [6.45, 7) is 12.7. The maximum Gasteiger partial charge on any atom is 0.224 e. The summed E-state index contributed by atoms with van der Waals surface area (Å²) < 4.78 is 5.19. The van der Waals surface area contributed by atoms with Gasteiger partial charge in [0.25, 0.3) is 0 Å². The molecule has 1 amide bonds. The number of likely N-dealkylation sites (tertiary alicyclic amines) is 1. The van der Waals surface area contributed by atoms with Gasteiger partial charge in [0.1, 0.15) is 0 Å². The van der Waals surface area contributed by atoms with Crippen molar-refractivity contribution < 1.29 is 9.53 Å². The van der Waals surface area contributed by atoms with Crippen LogP contribution in [0.4, 0.5) is 0 Å². The molecule has 1 fully saturated rings. The Labute approximate surface area is 153 Å². The molecule has 0 aromatic carbocycles. The summed E-state index contributed by atoms with van der Waals surface area (Å²) >= 11 is 0. The van der Waals surface area contributed by atoms with Crippen molar-refractivity contribution in [3.63, 3.8) is 0 Å². The fourth-order valence-electron chi connectivity index (χ4n) is 3.17. The van der Waals surface area contributed by atoms with Crippen LogP contribution in [0.3, 0.4) is 0 Å². The van der Waals surface area contributed by atoms with Crippen molar-refractivity contribution in [2.45, 2.75) is 46.1 Å². The van der Waals surface area contributed by atoms with E-state index in [4.69, 9.17) is 9.73 Å². The van der Waals surface area contributed by atoms with Crippen molar-refractivity contribution in [3.8, 4) is 0 Å². The smallest absolute Gasteiger partial charge is 0.224 e. The molecular weight excluding hydrogens is 318 g/mol. The summed E-state index contributed by atoms with van der Waals surface area (Å²) in [5, 5.41) is 6.55. The monoisotopic (exact) mass is 355 g/mol. The lowest BCUT2D eigenvalue weighted by Gasteiger charge is -2.23. The van der Waals surface area contributed by atoms with Crippen LogP contribution in [0.25, 0.3) is 0 Å². The maximum absolute atomic E-state index is 12.1. The molecule has 146 valence electrons. The van der Waals surface area contributed by atoms with Gasteiger partial charge in [0.05, 0.1) is 13.2 Å². The highest BCUT2D eigenvalue weighted by molar-refractivity contribution is 5.81. The molecule has 1 unspecified atom stereocenters. The van der Waals surface area contributed by atoms with Crippen molar-refractivity contribution in [3.05, 3.63) is 0 Å². The van der Waals surface area contributed by atoms with Crippen molar-refractivity contribution in [2.24, 2.45) is 4.99 Å². The number of hydrogen-bond acceptors (Lipinski definition) is 4. The molecular formula is C18H37N5O2. The van der Waals surface area contributed by atoms with Crippen LogP contribution in [-0.2, 0) is 9.53 Å². The molecule has 1 atom stereocenters. The van der Waals surface area contributed by atoms with E-state index in [1.165, 1.54) is 12.8 Å². The van der Waals surface area contributed by atoms with E-state index in [1.807, 2.05) is 18.7 Å². The molecule has 0 radical (unpaired) electrons. The van der Waals surface area contributed by atoms with Crippen LogP contribution in [-0.4, -0.2) is 87.2 Å². The first-order chi connectivity index (χ1) is 12.2. The van der Waals surface area contributed by atoms with Crippen LogP contribution in [0.1, 0.15) is 40.0 Å². The van der Waals surface area contributed by atoms with Gasteiger partial charge in [-0.3, -0.25) is 14.7 Å². The molecule has 0 aromatic rings. The number of rotatable bonds is 11. The molecule has 1 heterocycles. The zero-order chi connectivity index (χ0) is 18.5. The fourth-order valence-corrected chi connectivity index (χ4v) is 3.17. The first-order valence-corrected chi connectivity index (χ1v) is 9.69. The Morgan fingerprint density at radius 3 is 2.68 bits per heavy atom. The minimum Gasteiger partial charge on any atom is -0.383 e. The maximum atomic E-state index is 12.1. The minimum absolute atomic E-state index is 0.190. The molecule has 0 saturated carbocycles. The van der Waals surface area contributed by atoms with E-state index < -0.39 is 0 Å². The van der Waals surface area contributed by atoms with Gasteiger partial charge in [-0.15, -0.1) is 0 Å². The second-order valence-electron chi connectivity index (χ2n) is 6.29. The Balaban J connectivity index is 2.44. The van der Waals surface area contributed by atoms with Crippen molar-refractivity contribution in [1.29, 1.82) is 0 Å². The third-order valence-corrected chi connectivity index (χ3v) is 4.63. The number of aliphatic imine (C=N–C) groups is 1. The summed E-state index contributed by atoms with van der Waals surface area (Å²) in [4.78, 5) is 21.1. The number of carbonyl (C=O) groups is 1. The fraction of sp³-hybridized carbons (Fsp3) is 0.889. The number of ether oxygens (including phenoxy) is 1. The quantitative estimate of drug-likeness (QED) is 0.426. The number of amides is 1. The van der Waals surface area contributed by atoms with Gasteiger partial charge < -0.3 is 20.3 Å². The van der Waals surface area contributed by atoms with E-state index in [1.54, 1.807) is 7.11 Å². The Hall–Kier alpha value is -1.34. The van der Waals surface area contributed by atoms with Gasteiger partial charge in [0, 0.05) is 52.3 Å². The average Bonchev–Trinajstić information content (AvgIpc) is 3.06. The van der Waals surface area contributed by atoms with E-state index in [2.05, 4.69) is 22.5 Å². The molecule has 0 aromatic heterocycles. The van der Waals surface area contributed by atoms with Crippen molar-refractivity contribution in [1.82, 2.24) is 20.4 Å². The number of nitrogens with zero attached hydrogens (tertiary/aromatic N) is 3. The van der Waals surface area contributed by atoms with Gasteiger partial charge in [-0.2, -0.15) is 0 Å². The summed E-state index contributed by atoms with van der Waals surface area (Å²) in [6.07, 6.45) is 2.91. The van der Waals surface area contributed by atoms with Crippen LogP contribution in [0.15, 0.2) is 4.99 Å². The number of hydrogen-bond donors (Lipinski definition) is 2. The van der Waals surface area contributed by atoms with Crippen LogP contribution >= 0.6 is 0 Å². The average molecular weight is 356 g/mol. The Morgan fingerprint density at radius 2 is 2.04 bits per heavy atom. The van der Waals surface area contributed by atoms with Crippen LogP contribution in [0, 0.1) is 0 Å². The first kappa shape index (κ1) is 21.7. The lowest BCUT2D eigenvalue weighted by molar-refractivity contribution is -0.130. The van der Waals surface area contributed by atoms with Gasteiger partial charge in [0.15, 0.2) is 5.96 Å². The number of carbonyl (C=O) groups excluding carboxylic acids is 1. The molecule has 0 bridgehead atoms. The van der Waals surface area contributed by atoms with E-state index in [0.717, 1.165) is 51.8 Å². The molecule has 1 rings (SSSR count). The van der Waals surface area contributed by atoms with Crippen LogP contribution in [0.5, 0.6) is 0 Å². The number of nitrogens with one attached hydrogen (secondary N) is 2. The summed E-state index contributed by atoms with van der Waals surface area (Å²) in [6, 6.07) is 0.489. The Morgan fingerprint density at radius 1 is 1.28 bits per heavy atom. The summed E-state index contributed by atoms with van der Waals surface area (Å²) in [5.41, 5.74) is 0. The SMILES string of the molecule is CCNC(=NCC1CCCN1CCOC)NCCC(=O)N(CC)CC. The molecule has 25 heavy (non-hydrogen) atoms. The van der Waals surface area contributed by atoms with Crippen molar-refractivity contribution >= 4 is 11.9 Å². The zero-order valence-corrected chi connectivity index (χ0v) is 16.5. The van der Waals surface area contributed by atoms with Gasteiger partial charge in [0.2, 0.25) is 5.91 Å². The molecule has 1 saturated heterocycles. The minimum atomic E-state index is 0.190. The number of methoxy groups -OCH3 is 1. The first-order valence-electron chi connectivity index (χ1n) is 9.69. The predicted octanol–water partition coefficient (Wildman–Crippen LogP) is 0.911. The largest absolute Gasteiger partial charge is 0.383 e. The molecule has 7 heteroatoms. The normalized spacial score (nSPS) is 18.4. The van der Waals surface area contributed by atoms with Crippen LogP contribution in [0.2, 0.25) is 0 Å². The van der Waals surface area contributed by atoms with Gasteiger partial charge in [-0.25, -0.2) is 0 Å². The standard InChI is InChI=1S/C18H37N5O2/c1-5-19-18(20-11-10-17(24)22(6-2)7-3)21-15-16-9-8-12-23(16)13-14-25-4/h16H,5-15H2,1-4H3,(H2,19,20,21). The molecule has 7 nitrogen and oxygen atoms in total. The lowest BCUT2D eigenvalue weighted by Crippen LogP contribution is -2.41. The zero-order valence-electron chi connectivity index (χ0n) is 16.5. The van der Waals surface area contributed by atoms with Gasteiger partial charge in [-0.05, 0) is 40.2 Å². The highest BCUT2D eigenvalue weighted by atomic mass is 16.5. The van der Waals surface area contributed by atoms with Crippen molar-refractivity contribution in [2.75, 3.05) is 59.5 Å². The Bertz CT molecular complexity index is 399. The third kappa shape index (κ3) is 8.05. The van der Waals surface area contributed by atoms with E-state index in [-0.39, 0.29) is 5.91 Å². The van der Waals surface area contributed by atoms with Gasteiger partial charge >= 0.3 is 0 Å². The van der Waals surface area contributed by atoms with E-state index >= 15 is 0 Å². The van der Waals surface area contributed by atoms with Crippen LogP contribution < -0.4 is 10.6 Å². The number of guanidine groups is 1. The molecule has 1 aliphatic rings. The Kier molecular flexibility index (Phi) is 11.2. The predicted molar refractivity (Wildman–Crippen MR) is 103 cm³/mol. The third-order valence-electron chi connectivity index (χ3n) is 4.63. The van der Waals surface area contributed by atoms with E-state index in [0.29, 0.717) is 19.0 Å². The second kappa shape index (κ2) is 12.9. The summed E-state index contributed by atoms with van der Waals surface area (Å²) in [5.74, 6) is 0.989. The topological polar surface area (TPSA) is 69.2 Å². The highest BCUT2D eigenvalue weighted by Crippen LogP contribution is 2.16. The second-order valence-corrected chi connectivity index (χ2v) is 6.29. The molecule has 0 spiro atoms. The highest BCUT2D eigenvalue weighted by Gasteiger charge is 2.23. The lowest BCUT2D eigenvalue weighted by atomic mass is 10.2. The van der Waals surface area contributed by atoms with E-state index in [9.17, 15) is 4.79 Å².